The number of para-hydroxylation sites is 3. The van der Waals surface area contributed by atoms with Crippen LogP contribution >= 0.6 is 15.9 Å². The summed E-state index contributed by atoms with van der Waals surface area (Å²) in [6.07, 6.45) is 0. The lowest BCUT2D eigenvalue weighted by Gasteiger charge is -2.14. The minimum absolute atomic E-state index is 1.09. The van der Waals surface area contributed by atoms with Crippen molar-refractivity contribution >= 4 is 59.5 Å². The van der Waals surface area contributed by atoms with Gasteiger partial charge in [0.05, 0.1) is 27.8 Å². The Bertz CT molecular complexity index is 2180. The van der Waals surface area contributed by atoms with Crippen LogP contribution in [0.4, 0.5) is 0 Å². The number of hydrogen-bond acceptors (Lipinski definition) is 0. The van der Waals surface area contributed by atoms with Crippen molar-refractivity contribution in [3.05, 3.63) is 144 Å². The number of benzene rings is 6. The molecule has 0 spiro atoms. The molecule has 0 aliphatic heterocycles. The number of aromatic nitrogens is 2. The average molecular weight is 563 g/mol. The molecule has 39 heavy (non-hydrogen) atoms. The standard InChI is InChI=1S/C36H23BrN2/c37-25-18-20-35-30(22-25)28-13-5-8-16-33(28)38(35)26-19-21-36-31(23-26)29-14-6-9-17-34(29)39(36)32-15-7-4-12-27(32)24-10-2-1-3-11-24/h1-23H. The maximum absolute atomic E-state index is 3.68. The van der Waals surface area contributed by atoms with Gasteiger partial charge in [-0.25, -0.2) is 0 Å². The van der Waals surface area contributed by atoms with Crippen LogP contribution in [-0.2, 0) is 0 Å². The summed E-state index contributed by atoms with van der Waals surface area (Å²) in [5.41, 5.74) is 9.61. The number of fused-ring (bicyclic) bond motifs is 6. The fourth-order valence-electron chi connectivity index (χ4n) is 6.11. The van der Waals surface area contributed by atoms with Crippen molar-refractivity contribution in [3.8, 4) is 22.5 Å². The highest BCUT2D eigenvalue weighted by molar-refractivity contribution is 9.10. The second kappa shape index (κ2) is 8.72. The van der Waals surface area contributed by atoms with Crippen molar-refractivity contribution < 1.29 is 0 Å². The van der Waals surface area contributed by atoms with E-state index in [0.717, 1.165) is 10.2 Å². The molecular formula is C36H23BrN2. The second-order valence-corrected chi connectivity index (χ2v) is 10.9. The fraction of sp³-hybridized carbons (Fsp3) is 0. The quantitative estimate of drug-likeness (QED) is 0.202. The van der Waals surface area contributed by atoms with Gasteiger partial charge in [-0.05, 0) is 60.2 Å². The zero-order chi connectivity index (χ0) is 25.9. The zero-order valence-corrected chi connectivity index (χ0v) is 22.6. The van der Waals surface area contributed by atoms with Crippen LogP contribution < -0.4 is 0 Å². The molecular weight excluding hydrogens is 540 g/mol. The first-order chi connectivity index (χ1) is 19.3. The predicted molar refractivity (Wildman–Crippen MR) is 168 cm³/mol. The Kier molecular flexibility index (Phi) is 5.01. The zero-order valence-electron chi connectivity index (χ0n) is 21.1. The van der Waals surface area contributed by atoms with Crippen LogP contribution in [0.25, 0.3) is 66.1 Å². The van der Waals surface area contributed by atoms with Crippen LogP contribution in [0, 0.1) is 0 Å². The lowest BCUT2D eigenvalue weighted by atomic mass is 10.0. The Balaban J connectivity index is 1.44. The highest BCUT2D eigenvalue weighted by atomic mass is 79.9. The molecule has 0 fully saturated rings. The summed E-state index contributed by atoms with van der Waals surface area (Å²) in [5.74, 6) is 0. The minimum atomic E-state index is 1.09. The molecule has 6 aromatic carbocycles. The summed E-state index contributed by atoms with van der Waals surface area (Å²) in [5, 5.41) is 5.00. The third-order valence-electron chi connectivity index (χ3n) is 7.78. The smallest absolute Gasteiger partial charge is 0.0542 e. The van der Waals surface area contributed by atoms with Gasteiger partial charge in [0.25, 0.3) is 0 Å². The number of rotatable bonds is 3. The number of halogens is 1. The van der Waals surface area contributed by atoms with Crippen molar-refractivity contribution in [1.82, 2.24) is 9.13 Å². The molecule has 0 aliphatic rings. The fourth-order valence-corrected chi connectivity index (χ4v) is 6.47. The van der Waals surface area contributed by atoms with Crippen LogP contribution in [0.2, 0.25) is 0 Å². The molecule has 2 nitrogen and oxygen atoms in total. The molecule has 0 saturated heterocycles. The first-order valence-electron chi connectivity index (χ1n) is 13.1. The van der Waals surface area contributed by atoms with Crippen molar-refractivity contribution in [2.75, 3.05) is 0 Å². The van der Waals surface area contributed by atoms with Gasteiger partial charge in [0.1, 0.15) is 0 Å². The van der Waals surface area contributed by atoms with Gasteiger partial charge in [-0.2, -0.15) is 0 Å². The van der Waals surface area contributed by atoms with E-state index >= 15 is 0 Å². The third kappa shape index (κ3) is 3.40. The molecule has 8 aromatic rings. The second-order valence-electron chi connectivity index (χ2n) is 9.95. The molecule has 0 radical (unpaired) electrons. The van der Waals surface area contributed by atoms with Crippen molar-refractivity contribution in [3.63, 3.8) is 0 Å². The van der Waals surface area contributed by atoms with Crippen LogP contribution in [0.3, 0.4) is 0 Å². The number of nitrogens with zero attached hydrogens (tertiary/aromatic N) is 2. The van der Waals surface area contributed by atoms with Crippen LogP contribution in [-0.4, -0.2) is 9.13 Å². The van der Waals surface area contributed by atoms with E-state index in [1.807, 2.05) is 0 Å². The van der Waals surface area contributed by atoms with Gasteiger partial charge in [0.15, 0.2) is 0 Å². The van der Waals surface area contributed by atoms with E-state index in [1.165, 1.54) is 60.4 Å². The maximum atomic E-state index is 3.68. The minimum Gasteiger partial charge on any atom is -0.309 e. The summed E-state index contributed by atoms with van der Waals surface area (Å²) in [4.78, 5) is 0. The molecule has 0 amide bonds. The van der Waals surface area contributed by atoms with E-state index < -0.39 is 0 Å². The summed E-state index contributed by atoms with van der Waals surface area (Å²) in [7, 11) is 0. The molecule has 0 aliphatic carbocycles. The van der Waals surface area contributed by atoms with Gasteiger partial charge in [-0.3, -0.25) is 0 Å². The lowest BCUT2D eigenvalue weighted by molar-refractivity contribution is 1.17. The molecule has 0 N–H and O–H groups in total. The van der Waals surface area contributed by atoms with Gasteiger partial charge in [0.2, 0.25) is 0 Å². The maximum Gasteiger partial charge on any atom is 0.0542 e. The van der Waals surface area contributed by atoms with E-state index in [9.17, 15) is 0 Å². The largest absolute Gasteiger partial charge is 0.309 e. The van der Waals surface area contributed by atoms with E-state index in [2.05, 4.69) is 165 Å². The average Bonchev–Trinajstić information content (AvgIpc) is 3.50. The van der Waals surface area contributed by atoms with Crippen molar-refractivity contribution in [2.24, 2.45) is 0 Å². The van der Waals surface area contributed by atoms with Crippen molar-refractivity contribution in [2.45, 2.75) is 0 Å². The summed E-state index contributed by atoms with van der Waals surface area (Å²) < 4.78 is 5.90. The molecule has 0 unspecified atom stereocenters. The predicted octanol–water partition coefficient (Wildman–Crippen LogP) is 10.3. The number of hydrogen-bond donors (Lipinski definition) is 0. The summed E-state index contributed by atoms with van der Waals surface area (Å²) >= 11 is 3.68. The molecule has 8 rings (SSSR count). The van der Waals surface area contributed by atoms with E-state index in [-0.39, 0.29) is 0 Å². The topological polar surface area (TPSA) is 9.86 Å². The molecule has 2 heterocycles. The lowest BCUT2D eigenvalue weighted by Crippen LogP contribution is -1.97. The van der Waals surface area contributed by atoms with Gasteiger partial charge in [0, 0.05) is 37.3 Å². The van der Waals surface area contributed by atoms with Crippen LogP contribution in [0.5, 0.6) is 0 Å². The Morgan fingerprint density at radius 3 is 1.77 bits per heavy atom. The molecule has 184 valence electrons. The summed E-state index contributed by atoms with van der Waals surface area (Å²) in [6.45, 7) is 0. The SMILES string of the molecule is Brc1ccc2c(c1)c1ccccc1n2-c1ccc2c(c1)c1ccccc1n2-c1ccccc1-c1ccccc1. The first-order valence-corrected chi connectivity index (χ1v) is 13.9. The molecule has 2 aromatic heterocycles. The first kappa shape index (κ1) is 22.4. The summed E-state index contributed by atoms with van der Waals surface area (Å²) in [6, 6.07) is 50.2. The Labute approximate surface area is 234 Å². The normalized spacial score (nSPS) is 11.7. The molecule has 0 bridgehead atoms. The van der Waals surface area contributed by atoms with E-state index in [0.29, 0.717) is 0 Å². The highest BCUT2D eigenvalue weighted by Crippen LogP contribution is 2.39. The van der Waals surface area contributed by atoms with Gasteiger partial charge in [-0.15, -0.1) is 0 Å². The van der Waals surface area contributed by atoms with Crippen molar-refractivity contribution in [1.29, 1.82) is 0 Å². The van der Waals surface area contributed by atoms with Crippen LogP contribution in [0.15, 0.2) is 144 Å². The monoisotopic (exact) mass is 562 g/mol. The molecule has 3 heteroatoms. The van der Waals surface area contributed by atoms with Gasteiger partial charge >= 0.3 is 0 Å². The Morgan fingerprint density at radius 1 is 0.410 bits per heavy atom. The van der Waals surface area contributed by atoms with E-state index in [4.69, 9.17) is 0 Å². The Morgan fingerprint density at radius 2 is 0.974 bits per heavy atom. The van der Waals surface area contributed by atoms with Gasteiger partial charge in [-0.1, -0.05) is 101 Å². The van der Waals surface area contributed by atoms with E-state index in [1.54, 1.807) is 0 Å². The van der Waals surface area contributed by atoms with Crippen LogP contribution in [0.1, 0.15) is 0 Å². The third-order valence-corrected chi connectivity index (χ3v) is 8.27. The molecule has 0 atom stereocenters. The highest BCUT2D eigenvalue weighted by Gasteiger charge is 2.18. The van der Waals surface area contributed by atoms with Gasteiger partial charge < -0.3 is 9.13 Å². The Hall–Kier alpha value is -4.60. The molecule has 0 saturated carbocycles.